The van der Waals surface area contributed by atoms with Crippen LogP contribution < -0.4 is 10.1 Å². The lowest BCUT2D eigenvalue weighted by Gasteiger charge is -2.30. The summed E-state index contributed by atoms with van der Waals surface area (Å²) in [6, 6.07) is 15.5. The third-order valence-electron chi connectivity index (χ3n) is 5.40. The molecule has 4 rings (SSSR count). The first-order chi connectivity index (χ1) is 14.5. The number of nitrogens with one attached hydrogen (secondary N) is 1. The van der Waals surface area contributed by atoms with Crippen molar-refractivity contribution in [2.75, 3.05) is 19.0 Å². The smallest absolute Gasteiger partial charge is 0.337 e. The molecule has 6 nitrogen and oxygen atoms in total. The van der Waals surface area contributed by atoms with E-state index in [1.54, 1.807) is 0 Å². The Labute approximate surface area is 176 Å². The summed E-state index contributed by atoms with van der Waals surface area (Å²) in [7, 11) is 1.41. The molecular weight excluding hydrogens is 378 g/mol. The molecule has 1 aliphatic heterocycles. The number of benzene rings is 2. The fourth-order valence-electron chi connectivity index (χ4n) is 3.81. The number of methoxy groups -OCH3 is 1. The van der Waals surface area contributed by atoms with Gasteiger partial charge < -0.3 is 14.8 Å². The molecule has 2 aromatic carbocycles. The lowest BCUT2D eigenvalue weighted by atomic mass is 9.95. The largest absolute Gasteiger partial charge is 0.494 e. The van der Waals surface area contributed by atoms with E-state index in [1.807, 2.05) is 55.5 Å². The number of ether oxygens (including phenoxy) is 2. The van der Waals surface area contributed by atoms with Crippen LogP contribution in [0.25, 0.3) is 11.0 Å². The summed E-state index contributed by atoms with van der Waals surface area (Å²) < 4.78 is 13.0. The van der Waals surface area contributed by atoms with Gasteiger partial charge in [0.25, 0.3) is 0 Å². The number of carbonyl (C=O) groups is 1. The molecule has 0 saturated heterocycles. The van der Waals surface area contributed by atoms with E-state index < -0.39 is 0 Å². The minimum atomic E-state index is -0.356. The van der Waals surface area contributed by atoms with Crippen molar-refractivity contribution in [3.8, 4) is 5.75 Å². The Morgan fingerprint density at radius 2 is 1.90 bits per heavy atom. The van der Waals surface area contributed by atoms with E-state index in [9.17, 15) is 4.79 Å². The number of nitrogens with zero attached hydrogens (tertiary/aromatic N) is 2. The molecule has 156 valence electrons. The minimum Gasteiger partial charge on any atom is -0.494 e. The summed E-state index contributed by atoms with van der Waals surface area (Å²) in [5, 5.41) is 3.27. The third kappa shape index (κ3) is 3.65. The van der Waals surface area contributed by atoms with Crippen molar-refractivity contribution in [3.05, 3.63) is 65.4 Å². The van der Waals surface area contributed by atoms with Gasteiger partial charge in [-0.2, -0.15) is 0 Å². The summed E-state index contributed by atoms with van der Waals surface area (Å²) in [6.07, 6.45) is 1.01. The molecule has 1 N–H and O–H groups in total. The molecule has 0 unspecified atom stereocenters. The highest BCUT2D eigenvalue weighted by atomic mass is 16.5. The number of hydrogen-bond acceptors (Lipinski definition) is 5. The maximum absolute atomic E-state index is 12.7. The van der Waals surface area contributed by atoms with E-state index >= 15 is 0 Å². The number of imidazole rings is 1. The number of rotatable bonds is 6. The third-order valence-corrected chi connectivity index (χ3v) is 5.40. The molecule has 1 atom stereocenters. The minimum absolute atomic E-state index is 0.342. The van der Waals surface area contributed by atoms with Crippen LogP contribution in [0.2, 0.25) is 0 Å². The molecule has 2 heterocycles. The van der Waals surface area contributed by atoms with E-state index in [4.69, 9.17) is 14.5 Å². The maximum Gasteiger partial charge on any atom is 0.337 e. The predicted octanol–water partition coefficient (Wildman–Crippen LogP) is 4.92. The lowest BCUT2D eigenvalue weighted by molar-refractivity contribution is -0.136. The van der Waals surface area contributed by atoms with Crippen LogP contribution in [-0.4, -0.2) is 29.2 Å². The standard InChI is InChI=1S/C24H27N3O3/c1-15(2)13-14-30-18-11-9-17(10-12-18)22-21(23(28)29-4)16(3)25-24-26-19-7-5-6-8-20(19)27(22)24/h5-12,15,22H,13-14H2,1-4H3,(H,25,26)/t22-/m0/s1. The van der Waals surface area contributed by atoms with Gasteiger partial charge in [-0.1, -0.05) is 38.1 Å². The van der Waals surface area contributed by atoms with Gasteiger partial charge in [0, 0.05) is 5.70 Å². The molecule has 6 heteroatoms. The Bertz CT molecular complexity index is 1100. The van der Waals surface area contributed by atoms with E-state index in [1.165, 1.54) is 7.11 Å². The molecule has 0 radical (unpaired) electrons. The van der Waals surface area contributed by atoms with E-state index in [-0.39, 0.29) is 12.0 Å². The zero-order valence-corrected chi connectivity index (χ0v) is 17.8. The molecule has 30 heavy (non-hydrogen) atoms. The van der Waals surface area contributed by atoms with Crippen LogP contribution in [0.5, 0.6) is 5.75 Å². The van der Waals surface area contributed by atoms with Crippen LogP contribution >= 0.6 is 0 Å². The summed E-state index contributed by atoms with van der Waals surface area (Å²) in [6.45, 7) is 6.93. The average molecular weight is 405 g/mol. The van der Waals surface area contributed by atoms with Crippen LogP contribution in [-0.2, 0) is 9.53 Å². The van der Waals surface area contributed by atoms with Gasteiger partial charge in [-0.15, -0.1) is 0 Å². The number of hydrogen-bond donors (Lipinski definition) is 1. The Morgan fingerprint density at radius 1 is 1.17 bits per heavy atom. The highest BCUT2D eigenvalue weighted by Gasteiger charge is 2.34. The van der Waals surface area contributed by atoms with Gasteiger partial charge in [0.05, 0.1) is 36.4 Å². The van der Waals surface area contributed by atoms with Gasteiger partial charge >= 0.3 is 5.97 Å². The second-order valence-electron chi connectivity index (χ2n) is 7.95. The Kier molecular flexibility index (Phi) is 5.48. The van der Waals surface area contributed by atoms with Crippen LogP contribution in [0.15, 0.2) is 59.8 Å². The molecule has 3 aromatic rings. The number of carbonyl (C=O) groups excluding carboxylic acids is 1. The van der Waals surface area contributed by atoms with Crippen molar-refractivity contribution in [2.45, 2.75) is 33.2 Å². The van der Waals surface area contributed by atoms with Gasteiger partial charge in [-0.05, 0) is 49.1 Å². The quantitative estimate of drug-likeness (QED) is 0.590. The van der Waals surface area contributed by atoms with Crippen LogP contribution in [0.3, 0.4) is 0 Å². The number of para-hydroxylation sites is 2. The molecule has 1 aromatic heterocycles. The van der Waals surface area contributed by atoms with E-state index in [2.05, 4.69) is 23.7 Å². The number of esters is 1. The Hall–Kier alpha value is -3.28. The number of fused-ring (bicyclic) bond motifs is 3. The van der Waals surface area contributed by atoms with Crippen molar-refractivity contribution in [2.24, 2.45) is 5.92 Å². The summed E-state index contributed by atoms with van der Waals surface area (Å²) >= 11 is 0. The maximum atomic E-state index is 12.7. The number of allylic oxidation sites excluding steroid dienone is 1. The Balaban J connectivity index is 1.76. The Morgan fingerprint density at radius 3 is 2.60 bits per heavy atom. The molecule has 0 amide bonds. The summed E-state index contributed by atoms with van der Waals surface area (Å²) in [5.74, 6) is 1.78. The molecule has 0 fully saturated rings. The molecule has 0 aliphatic carbocycles. The molecule has 0 saturated carbocycles. The first-order valence-electron chi connectivity index (χ1n) is 10.3. The van der Waals surface area contributed by atoms with Crippen molar-refractivity contribution in [1.29, 1.82) is 0 Å². The average Bonchev–Trinajstić information content (AvgIpc) is 3.10. The van der Waals surface area contributed by atoms with Gasteiger partial charge in [0.15, 0.2) is 0 Å². The van der Waals surface area contributed by atoms with Crippen molar-refractivity contribution in [1.82, 2.24) is 9.55 Å². The van der Waals surface area contributed by atoms with Crippen LogP contribution in [0.1, 0.15) is 38.8 Å². The normalized spacial score (nSPS) is 15.8. The SMILES string of the molecule is COC(=O)C1=C(C)Nc2nc3ccccc3n2[C@H]1c1ccc(OCCC(C)C)cc1. The van der Waals surface area contributed by atoms with Crippen molar-refractivity contribution in [3.63, 3.8) is 0 Å². The molecule has 1 aliphatic rings. The van der Waals surface area contributed by atoms with E-state index in [0.717, 1.165) is 34.5 Å². The number of aromatic nitrogens is 2. The first-order valence-corrected chi connectivity index (χ1v) is 10.3. The molecular formula is C24H27N3O3. The fourth-order valence-corrected chi connectivity index (χ4v) is 3.81. The highest BCUT2D eigenvalue weighted by molar-refractivity contribution is 5.94. The second-order valence-corrected chi connectivity index (χ2v) is 7.95. The van der Waals surface area contributed by atoms with Gasteiger partial charge in [0.1, 0.15) is 5.75 Å². The van der Waals surface area contributed by atoms with E-state index in [0.29, 0.717) is 24.0 Å². The van der Waals surface area contributed by atoms with Crippen molar-refractivity contribution >= 4 is 23.0 Å². The predicted molar refractivity (Wildman–Crippen MR) is 118 cm³/mol. The summed E-state index contributed by atoms with van der Waals surface area (Å²) in [5.41, 5.74) is 4.11. The number of anilines is 1. The lowest BCUT2D eigenvalue weighted by Crippen LogP contribution is -2.28. The second kappa shape index (κ2) is 8.22. The zero-order chi connectivity index (χ0) is 21.3. The fraction of sp³-hybridized carbons (Fsp3) is 0.333. The molecule has 0 bridgehead atoms. The van der Waals surface area contributed by atoms with Gasteiger partial charge in [0.2, 0.25) is 5.95 Å². The zero-order valence-electron chi connectivity index (χ0n) is 17.8. The molecule has 0 spiro atoms. The highest BCUT2D eigenvalue weighted by Crippen LogP contribution is 2.39. The monoisotopic (exact) mass is 405 g/mol. The summed E-state index contributed by atoms with van der Waals surface area (Å²) in [4.78, 5) is 17.4. The topological polar surface area (TPSA) is 65.4 Å². The van der Waals surface area contributed by atoms with Crippen molar-refractivity contribution < 1.29 is 14.3 Å². The van der Waals surface area contributed by atoms with Crippen LogP contribution in [0.4, 0.5) is 5.95 Å². The van der Waals surface area contributed by atoms with Crippen LogP contribution in [0, 0.1) is 5.92 Å². The van der Waals surface area contributed by atoms with Gasteiger partial charge in [-0.3, -0.25) is 4.57 Å². The first kappa shape index (κ1) is 20.0. The van der Waals surface area contributed by atoms with Gasteiger partial charge in [-0.25, -0.2) is 9.78 Å².